The Morgan fingerprint density at radius 3 is 2.54 bits per heavy atom. The number of carboxylic acids is 2. The molecule has 13 heteroatoms. The Labute approximate surface area is 164 Å². The molecule has 2 atom stereocenters. The fraction of sp³-hybridized carbons (Fsp3) is 0.462. The predicted octanol–water partition coefficient (Wildman–Crippen LogP) is 0.0640. The molecule has 2 rings (SSSR count). The first-order valence-corrected chi connectivity index (χ1v) is 7.83. The van der Waals surface area contributed by atoms with Crippen LogP contribution in [-0.2, 0) is 24.0 Å². The third kappa shape index (κ3) is 4.80. The normalized spacial score (nSPS) is 21.4. The Hall–Kier alpha value is -1.98. The Bertz CT molecular complexity index is 668. The molecule has 0 aromatic heterocycles. The van der Waals surface area contributed by atoms with Gasteiger partial charge in [-0.3, -0.25) is 14.5 Å². The molecule has 3 N–H and O–H groups in total. The van der Waals surface area contributed by atoms with Crippen molar-refractivity contribution >= 4 is 66.5 Å². The summed E-state index contributed by atoms with van der Waals surface area (Å²) >= 11 is 1.32. The number of carbonyl (C=O) groups excluding carboxylic acids is 2. The molecule has 2 heterocycles. The van der Waals surface area contributed by atoms with Crippen LogP contribution in [0.5, 0.6) is 0 Å². The van der Waals surface area contributed by atoms with Crippen LogP contribution < -0.4 is 5.32 Å². The van der Waals surface area contributed by atoms with Gasteiger partial charge in [0.1, 0.15) is 23.3 Å². The lowest BCUT2D eigenvalue weighted by Gasteiger charge is -2.48. The molecule has 0 radical (unpaired) electrons. The summed E-state index contributed by atoms with van der Waals surface area (Å²) in [7, 11) is 0. The molecule has 2 amide bonds. The number of thioether (sulfide) groups is 1. The van der Waals surface area contributed by atoms with Crippen molar-refractivity contribution in [2.75, 3.05) is 5.75 Å². The van der Waals surface area contributed by atoms with E-state index in [9.17, 15) is 19.2 Å². The van der Waals surface area contributed by atoms with Gasteiger partial charge in [0.15, 0.2) is 0 Å². The molecule has 10 nitrogen and oxygen atoms in total. The molecule has 0 spiro atoms. The number of halogens is 2. The van der Waals surface area contributed by atoms with Gasteiger partial charge >= 0.3 is 11.9 Å². The number of amides is 2. The highest BCUT2D eigenvalue weighted by Crippen LogP contribution is 2.37. The highest BCUT2D eigenvalue weighted by Gasteiger charge is 2.52. The van der Waals surface area contributed by atoms with E-state index in [1.165, 1.54) is 31.7 Å². The number of carboxylic acid groups (broad SMARTS) is 2. The number of fused-ring (bicyclic) bond motifs is 1. The van der Waals surface area contributed by atoms with E-state index >= 15 is 0 Å². The summed E-state index contributed by atoms with van der Waals surface area (Å²) in [6, 6.07) is -0.871. The van der Waals surface area contributed by atoms with E-state index in [2.05, 4.69) is 10.5 Å². The number of oxime groups is 1. The largest absolute Gasteiger partial charge is 0.478 e. The first-order chi connectivity index (χ1) is 11.1. The second-order valence-electron chi connectivity index (χ2n) is 5.45. The SMILES string of the molecule is CC(C)(ON=CC(=O)NC1C(=O)N2C(C(=O)O)=CCS[C@@H]12)C(=O)O.Cl.Cl. The number of β-lactam (4-membered cyclic amide) rings is 1. The van der Waals surface area contributed by atoms with Gasteiger partial charge in [-0.2, -0.15) is 0 Å². The molecule has 0 aliphatic carbocycles. The molecule has 2 aliphatic rings. The highest BCUT2D eigenvalue weighted by atomic mass is 35.5. The summed E-state index contributed by atoms with van der Waals surface area (Å²) in [5.41, 5.74) is -1.70. The van der Waals surface area contributed by atoms with Gasteiger partial charge in [0.05, 0.1) is 0 Å². The van der Waals surface area contributed by atoms with E-state index < -0.39 is 40.8 Å². The number of nitrogens with one attached hydrogen (secondary N) is 1. The zero-order valence-electron chi connectivity index (χ0n) is 13.6. The van der Waals surface area contributed by atoms with Gasteiger partial charge in [0.2, 0.25) is 5.60 Å². The maximum atomic E-state index is 12.0. The summed E-state index contributed by atoms with van der Waals surface area (Å²) in [4.78, 5) is 51.4. The van der Waals surface area contributed by atoms with Gasteiger partial charge in [0.25, 0.3) is 11.8 Å². The van der Waals surface area contributed by atoms with Gasteiger partial charge < -0.3 is 20.4 Å². The third-order valence-corrected chi connectivity index (χ3v) is 4.51. The van der Waals surface area contributed by atoms with Crippen molar-refractivity contribution in [2.45, 2.75) is 30.9 Å². The molecular weight excluding hydrogens is 413 g/mol. The number of hydrogen-bond donors (Lipinski definition) is 3. The maximum Gasteiger partial charge on any atom is 0.352 e. The predicted molar refractivity (Wildman–Crippen MR) is 96.5 cm³/mol. The third-order valence-electron chi connectivity index (χ3n) is 3.33. The molecule has 0 saturated carbocycles. The topological polar surface area (TPSA) is 146 Å². The molecule has 1 fully saturated rings. The second kappa shape index (κ2) is 9.10. The minimum atomic E-state index is -1.60. The lowest BCUT2D eigenvalue weighted by Crippen LogP contribution is -2.70. The van der Waals surface area contributed by atoms with E-state index in [1.807, 2.05) is 0 Å². The summed E-state index contributed by atoms with van der Waals surface area (Å²) in [6.45, 7) is 2.52. The summed E-state index contributed by atoms with van der Waals surface area (Å²) in [5, 5.41) is 23.1. The van der Waals surface area contributed by atoms with Crippen LogP contribution >= 0.6 is 36.6 Å². The van der Waals surface area contributed by atoms with Crippen LogP contribution in [0, 0.1) is 0 Å². The minimum Gasteiger partial charge on any atom is -0.478 e. The summed E-state index contributed by atoms with van der Waals surface area (Å²) < 4.78 is 0. The van der Waals surface area contributed by atoms with E-state index in [1.54, 1.807) is 0 Å². The fourth-order valence-corrected chi connectivity index (χ4v) is 3.17. The lowest BCUT2D eigenvalue weighted by molar-refractivity contribution is -0.161. The molecule has 2 aliphatic heterocycles. The second-order valence-corrected chi connectivity index (χ2v) is 6.60. The molecule has 0 bridgehead atoms. The number of aliphatic carboxylic acids is 2. The Morgan fingerprint density at radius 1 is 1.38 bits per heavy atom. The van der Waals surface area contributed by atoms with Crippen LogP contribution in [0.1, 0.15) is 13.8 Å². The quantitative estimate of drug-likeness (QED) is 0.305. The van der Waals surface area contributed by atoms with Gasteiger partial charge in [0, 0.05) is 5.75 Å². The first kappa shape index (κ1) is 24.0. The number of carbonyl (C=O) groups is 4. The van der Waals surface area contributed by atoms with E-state index in [0.29, 0.717) is 5.75 Å². The molecule has 1 unspecified atom stereocenters. The molecule has 0 aromatic rings. The van der Waals surface area contributed by atoms with Crippen LogP contribution in [0.25, 0.3) is 0 Å². The number of rotatable bonds is 6. The smallest absolute Gasteiger partial charge is 0.352 e. The molecule has 146 valence electrons. The highest BCUT2D eigenvalue weighted by molar-refractivity contribution is 8.00. The summed E-state index contributed by atoms with van der Waals surface area (Å²) in [5.74, 6) is -3.33. The van der Waals surface area contributed by atoms with Crippen molar-refractivity contribution in [3.63, 3.8) is 0 Å². The van der Waals surface area contributed by atoms with Gasteiger partial charge in [-0.15, -0.1) is 36.6 Å². The van der Waals surface area contributed by atoms with Crippen molar-refractivity contribution in [2.24, 2.45) is 5.16 Å². The van der Waals surface area contributed by atoms with Gasteiger partial charge in [-0.1, -0.05) is 5.16 Å². The standard InChI is InChI=1S/C13H15N3O7S.2ClH/c1-13(2,12(21)22)23-14-5-7(17)15-8-9(18)16-6(11(19)20)3-4-24-10(8)16;;/h3,5,8,10H,4H2,1-2H3,(H,15,17)(H,19,20)(H,21,22);2*1H/t8?,10-;;/m0../s1. The average molecular weight is 430 g/mol. The Kier molecular flexibility index (Phi) is 8.41. The maximum absolute atomic E-state index is 12.0. The fourth-order valence-electron chi connectivity index (χ4n) is 1.97. The van der Waals surface area contributed by atoms with Crippen molar-refractivity contribution in [3.8, 4) is 0 Å². The molecule has 26 heavy (non-hydrogen) atoms. The average Bonchev–Trinajstić information content (AvgIpc) is 2.51. The van der Waals surface area contributed by atoms with Gasteiger partial charge in [-0.05, 0) is 19.9 Å². The van der Waals surface area contributed by atoms with Crippen LogP contribution in [0.2, 0.25) is 0 Å². The van der Waals surface area contributed by atoms with Crippen molar-refractivity contribution in [1.82, 2.24) is 10.2 Å². The summed E-state index contributed by atoms with van der Waals surface area (Å²) in [6.07, 6.45) is 2.16. The van der Waals surface area contributed by atoms with Crippen molar-refractivity contribution in [3.05, 3.63) is 11.8 Å². The number of hydrogen-bond acceptors (Lipinski definition) is 7. The molecular formula is C13H17Cl2N3O7S. The molecule has 0 aromatic carbocycles. The van der Waals surface area contributed by atoms with Crippen LogP contribution in [0.15, 0.2) is 16.9 Å². The van der Waals surface area contributed by atoms with Crippen LogP contribution in [0.4, 0.5) is 0 Å². The molecule has 1 saturated heterocycles. The zero-order chi connectivity index (χ0) is 18.1. The monoisotopic (exact) mass is 429 g/mol. The van der Waals surface area contributed by atoms with Crippen molar-refractivity contribution in [1.29, 1.82) is 0 Å². The van der Waals surface area contributed by atoms with E-state index in [-0.39, 0.29) is 30.5 Å². The first-order valence-electron chi connectivity index (χ1n) is 6.78. The Morgan fingerprint density at radius 2 is 2.00 bits per heavy atom. The van der Waals surface area contributed by atoms with Crippen molar-refractivity contribution < 1.29 is 34.2 Å². The Balaban J connectivity index is 0.00000312. The number of nitrogens with zero attached hydrogens (tertiary/aromatic N) is 2. The van der Waals surface area contributed by atoms with E-state index in [4.69, 9.17) is 15.1 Å². The minimum absolute atomic E-state index is 0. The van der Waals surface area contributed by atoms with Crippen LogP contribution in [0.3, 0.4) is 0 Å². The lowest BCUT2D eigenvalue weighted by atomic mass is 10.1. The van der Waals surface area contributed by atoms with Crippen LogP contribution in [-0.4, -0.2) is 67.9 Å². The zero-order valence-corrected chi connectivity index (χ0v) is 16.0. The van der Waals surface area contributed by atoms with E-state index in [0.717, 1.165) is 11.1 Å². The van der Waals surface area contributed by atoms with Gasteiger partial charge in [-0.25, -0.2) is 9.59 Å².